The summed E-state index contributed by atoms with van der Waals surface area (Å²) in [6.45, 7) is 2.02. The fourth-order valence-corrected chi connectivity index (χ4v) is 2.93. The van der Waals surface area contributed by atoms with E-state index in [1.54, 1.807) is 6.33 Å². The Morgan fingerprint density at radius 2 is 2.14 bits per heavy atom. The largest absolute Gasteiger partial charge is 0.321 e. The molecule has 0 saturated heterocycles. The van der Waals surface area contributed by atoms with Gasteiger partial charge >= 0.3 is 0 Å². The molecule has 0 amide bonds. The Balaban J connectivity index is 1.98. The fourth-order valence-electron chi connectivity index (χ4n) is 2.93. The molecule has 1 aromatic heterocycles. The molecule has 3 heteroatoms. The van der Waals surface area contributed by atoms with Crippen LogP contribution in [0.3, 0.4) is 0 Å². The number of aryl methyl sites for hydroxylation is 1. The third kappa shape index (κ3) is 1.08. The molecule has 2 saturated carbocycles. The van der Waals surface area contributed by atoms with Crippen LogP contribution in [0.25, 0.3) is 0 Å². The van der Waals surface area contributed by atoms with Crippen LogP contribution >= 0.6 is 0 Å². The molecule has 2 N–H and O–H groups in total. The number of nitrogens with zero attached hydrogens (tertiary/aromatic N) is 2. The quantitative estimate of drug-likeness (QED) is 0.726. The van der Waals surface area contributed by atoms with E-state index in [0.29, 0.717) is 0 Å². The Bertz CT molecular complexity index is 365. The molecule has 2 unspecified atom stereocenters. The lowest BCUT2D eigenvalue weighted by molar-refractivity contribution is 0.406. The predicted molar refractivity (Wildman–Crippen MR) is 53.5 cm³/mol. The van der Waals surface area contributed by atoms with Crippen molar-refractivity contribution in [1.29, 1.82) is 0 Å². The molecule has 3 rings (SSSR count). The van der Waals surface area contributed by atoms with E-state index < -0.39 is 0 Å². The lowest BCUT2D eigenvalue weighted by Gasteiger charge is -2.26. The number of fused-ring (bicyclic) bond motifs is 1. The number of hydrogen-bond acceptors (Lipinski definition) is 3. The molecule has 1 aromatic rings. The number of rotatable bonds is 1. The molecule has 3 nitrogen and oxygen atoms in total. The smallest absolute Gasteiger partial charge is 0.115 e. The van der Waals surface area contributed by atoms with E-state index in [2.05, 4.69) is 9.97 Å². The fraction of sp³-hybridized carbons (Fsp3) is 0.636. The van der Waals surface area contributed by atoms with Crippen molar-refractivity contribution in [2.24, 2.45) is 17.6 Å². The predicted octanol–water partition coefficient (Wildman–Crippen LogP) is 1.37. The van der Waals surface area contributed by atoms with Gasteiger partial charge in [-0.3, -0.25) is 0 Å². The maximum absolute atomic E-state index is 6.42. The van der Waals surface area contributed by atoms with E-state index in [0.717, 1.165) is 35.9 Å². The third-order valence-corrected chi connectivity index (χ3v) is 3.77. The Labute approximate surface area is 83.8 Å². The van der Waals surface area contributed by atoms with Gasteiger partial charge in [0.1, 0.15) is 6.33 Å². The maximum Gasteiger partial charge on any atom is 0.115 e. The first-order valence-electron chi connectivity index (χ1n) is 5.25. The first-order chi connectivity index (χ1) is 6.69. The topological polar surface area (TPSA) is 51.8 Å². The van der Waals surface area contributed by atoms with Gasteiger partial charge in [-0.1, -0.05) is 0 Å². The van der Waals surface area contributed by atoms with Gasteiger partial charge in [-0.2, -0.15) is 0 Å². The van der Waals surface area contributed by atoms with Crippen molar-refractivity contribution in [3.05, 3.63) is 23.8 Å². The summed E-state index contributed by atoms with van der Waals surface area (Å²) in [6.07, 6.45) is 7.15. The van der Waals surface area contributed by atoms with Gasteiger partial charge in [0.25, 0.3) is 0 Å². The molecule has 0 bridgehead atoms. The molecule has 1 heterocycles. The van der Waals surface area contributed by atoms with Crippen LogP contribution in [0.2, 0.25) is 0 Å². The van der Waals surface area contributed by atoms with Crippen molar-refractivity contribution in [1.82, 2.24) is 9.97 Å². The van der Waals surface area contributed by atoms with Gasteiger partial charge in [-0.05, 0) is 38.0 Å². The van der Waals surface area contributed by atoms with Crippen molar-refractivity contribution in [2.45, 2.75) is 31.7 Å². The molecular formula is C11H15N3. The SMILES string of the molecule is Cc1ncncc1C1(N)CC2CC2C1. The molecule has 0 spiro atoms. The van der Waals surface area contributed by atoms with Gasteiger partial charge in [-0.25, -0.2) is 9.97 Å². The van der Waals surface area contributed by atoms with Crippen LogP contribution in [0.5, 0.6) is 0 Å². The van der Waals surface area contributed by atoms with Crippen molar-refractivity contribution in [3.63, 3.8) is 0 Å². The van der Waals surface area contributed by atoms with Gasteiger partial charge in [0.2, 0.25) is 0 Å². The third-order valence-electron chi connectivity index (χ3n) is 3.77. The van der Waals surface area contributed by atoms with Gasteiger partial charge in [0.05, 0.1) is 0 Å². The molecule has 14 heavy (non-hydrogen) atoms. The van der Waals surface area contributed by atoms with Gasteiger partial charge in [0, 0.05) is 23.0 Å². The summed E-state index contributed by atoms with van der Waals surface area (Å²) in [5.41, 5.74) is 8.50. The summed E-state index contributed by atoms with van der Waals surface area (Å²) < 4.78 is 0. The van der Waals surface area contributed by atoms with Crippen LogP contribution in [0.15, 0.2) is 12.5 Å². The first kappa shape index (κ1) is 8.36. The zero-order chi connectivity index (χ0) is 9.76. The summed E-state index contributed by atoms with van der Waals surface area (Å²) in [7, 11) is 0. The standard InChI is InChI=1S/C11H15N3/c1-7-10(5-13-6-14-7)11(12)3-8-2-9(8)4-11/h5-6,8-9H,2-4,12H2,1H3. The minimum absolute atomic E-state index is 0.126. The molecule has 0 radical (unpaired) electrons. The molecular weight excluding hydrogens is 174 g/mol. The molecule has 2 aliphatic rings. The number of aromatic nitrogens is 2. The van der Waals surface area contributed by atoms with E-state index >= 15 is 0 Å². The van der Waals surface area contributed by atoms with Crippen molar-refractivity contribution < 1.29 is 0 Å². The molecule has 2 fully saturated rings. The van der Waals surface area contributed by atoms with E-state index in [4.69, 9.17) is 5.73 Å². The summed E-state index contributed by atoms with van der Waals surface area (Å²) >= 11 is 0. The highest BCUT2D eigenvalue weighted by Gasteiger charge is 2.53. The van der Waals surface area contributed by atoms with Gasteiger partial charge in [0.15, 0.2) is 0 Å². The number of nitrogens with two attached hydrogens (primary N) is 1. The zero-order valence-corrected chi connectivity index (χ0v) is 8.40. The van der Waals surface area contributed by atoms with Crippen molar-refractivity contribution >= 4 is 0 Å². The second kappa shape index (κ2) is 2.54. The van der Waals surface area contributed by atoms with Crippen LogP contribution in [-0.4, -0.2) is 9.97 Å². The summed E-state index contributed by atoms with van der Waals surface area (Å²) in [6, 6.07) is 0. The zero-order valence-electron chi connectivity index (χ0n) is 8.40. The first-order valence-corrected chi connectivity index (χ1v) is 5.25. The average Bonchev–Trinajstić information content (AvgIpc) is 2.75. The molecule has 2 aliphatic carbocycles. The Morgan fingerprint density at radius 1 is 1.43 bits per heavy atom. The lowest BCUT2D eigenvalue weighted by Crippen LogP contribution is -2.36. The normalized spacial score (nSPS) is 39.6. The van der Waals surface area contributed by atoms with Gasteiger partial charge < -0.3 is 5.73 Å². The second-order valence-electron chi connectivity index (χ2n) is 4.84. The van der Waals surface area contributed by atoms with E-state index in [1.165, 1.54) is 6.42 Å². The molecule has 0 aliphatic heterocycles. The second-order valence-corrected chi connectivity index (χ2v) is 4.84. The van der Waals surface area contributed by atoms with Gasteiger partial charge in [-0.15, -0.1) is 0 Å². The Kier molecular flexibility index (Phi) is 1.52. The number of hydrogen-bond donors (Lipinski definition) is 1. The van der Waals surface area contributed by atoms with Crippen molar-refractivity contribution in [3.8, 4) is 0 Å². The van der Waals surface area contributed by atoms with E-state index in [9.17, 15) is 0 Å². The van der Waals surface area contributed by atoms with Crippen LogP contribution in [0.1, 0.15) is 30.5 Å². The minimum Gasteiger partial charge on any atom is -0.321 e. The van der Waals surface area contributed by atoms with Crippen molar-refractivity contribution in [2.75, 3.05) is 0 Å². The van der Waals surface area contributed by atoms with Crippen LogP contribution < -0.4 is 5.73 Å². The Hall–Kier alpha value is -0.960. The highest BCUT2D eigenvalue weighted by Crippen LogP contribution is 2.58. The monoisotopic (exact) mass is 189 g/mol. The Morgan fingerprint density at radius 3 is 2.79 bits per heavy atom. The molecule has 2 atom stereocenters. The summed E-state index contributed by atoms with van der Waals surface area (Å²) in [5.74, 6) is 1.78. The van der Waals surface area contributed by atoms with E-state index in [1.807, 2.05) is 13.1 Å². The highest BCUT2D eigenvalue weighted by molar-refractivity contribution is 5.28. The maximum atomic E-state index is 6.42. The van der Waals surface area contributed by atoms with Crippen LogP contribution in [0.4, 0.5) is 0 Å². The van der Waals surface area contributed by atoms with E-state index in [-0.39, 0.29) is 5.54 Å². The van der Waals surface area contributed by atoms with Crippen LogP contribution in [-0.2, 0) is 5.54 Å². The summed E-state index contributed by atoms with van der Waals surface area (Å²) in [5, 5.41) is 0. The molecule has 74 valence electrons. The lowest BCUT2D eigenvalue weighted by atomic mass is 9.86. The summed E-state index contributed by atoms with van der Waals surface area (Å²) in [4.78, 5) is 8.30. The highest BCUT2D eigenvalue weighted by atomic mass is 14.9. The average molecular weight is 189 g/mol. The molecule has 0 aromatic carbocycles. The van der Waals surface area contributed by atoms with Crippen LogP contribution in [0, 0.1) is 18.8 Å². The minimum atomic E-state index is -0.126.